The van der Waals surface area contributed by atoms with Crippen LogP contribution < -0.4 is 14.4 Å². The van der Waals surface area contributed by atoms with E-state index in [1.807, 2.05) is 44.4 Å². The van der Waals surface area contributed by atoms with Gasteiger partial charge >= 0.3 is 0 Å². The molecule has 0 radical (unpaired) electrons. The molecular formula is C29H35N3O5S2. The molecule has 0 fully saturated rings. The number of hydrogen-bond acceptors (Lipinski definition) is 6. The number of sulfonamides is 1. The van der Waals surface area contributed by atoms with Crippen LogP contribution in [0.2, 0.25) is 0 Å². The van der Waals surface area contributed by atoms with Gasteiger partial charge in [-0.3, -0.25) is 13.9 Å². The molecule has 3 rings (SSSR count). The van der Waals surface area contributed by atoms with Crippen molar-refractivity contribution in [3.8, 4) is 5.75 Å². The van der Waals surface area contributed by atoms with E-state index in [1.165, 1.54) is 35.8 Å². The van der Waals surface area contributed by atoms with Crippen molar-refractivity contribution in [2.24, 2.45) is 0 Å². The van der Waals surface area contributed by atoms with Gasteiger partial charge in [0.25, 0.3) is 10.0 Å². The summed E-state index contributed by atoms with van der Waals surface area (Å²) in [4.78, 5) is 28.8. The number of carbonyl (C=O) groups excluding carboxylic acids is 2. The van der Waals surface area contributed by atoms with Crippen molar-refractivity contribution < 1.29 is 22.7 Å². The van der Waals surface area contributed by atoms with Crippen LogP contribution in [0.4, 0.5) is 5.69 Å². The smallest absolute Gasteiger partial charge is 0.264 e. The molecule has 39 heavy (non-hydrogen) atoms. The van der Waals surface area contributed by atoms with E-state index in [4.69, 9.17) is 4.74 Å². The number of likely N-dealkylation sites (N-methyl/N-ethyl adjacent to an activating group) is 1. The number of ether oxygens (including phenoxy) is 1. The SMILES string of the molecule is CCOc1ccc(N(CC(=O)N(Cc2ccc(C)cc2)[C@H](C)C(=O)NC)S(=O)(=O)c2ccc(SC)cc2)cc1. The maximum atomic E-state index is 13.9. The van der Waals surface area contributed by atoms with Gasteiger partial charge < -0.3 is 15.0 Å². The monoisotopic (exact) mass is 569 g/mol. The van der Waals surface area contributed by atoms with Gasteiger partial charge in [0.2, 0.25) is 11.8 Å². The zero-order valence-electron chi connectivity index (χ0n) is 22.9. The number of carbonyl (C=O) groups is 2. The molecule has 0 heterocycles. The predicted molar refractivity (Wildman–Crippen MR) is 156 cm³/mol. The lowest BCUT2D eigenvalue weighted by atomic mass is 10.1. The number of amides is 2. The highest BCUT2D eigenvalue weighted by Crippen LogP contribution is 2.28. The summed E-state index contributed by atoms with van der Waals surface area (Å²) in [5.74, 6) is -0.271. The summed E-state index contributed by atoms with van der Waals surface area (Å²) in [6.07, 6.45) is 1.91. The van der Waals surface area contributed by atoms with Gasteiger partial charge in [0, 0.05) is 18.5 Å². The van der Waals surface area contributed by atoms with Crippen LogP contribution in [-0.2, 0) is 26.2 Å². The number of hydrogen-bond donors (Lipinski definition) is 1. The Kier molecular flexibility index (Phi) is 10.4. The summed E-state index contributed by atoms with van der Waals surface area (Å²) in [5, 5.41) is 2.58. The van der Waals surface area contributed by atoms with Crippen molar-refractivity contribution in [1.29, 1.82) is 0 Å². The maximum Gasteiger partial charge on any atom is 0.264 e. The van der Waals surface area contributed by atoms with Crippen LogP contribution in [0.3, 0.4) is 0 Å². The van der Waals surface area contributed by atoms with E-state index in [0.29, 0.717) is 18.0 Å². The number of rotatable bonds is 12. The van der Waals surface area contributed by atoms with Crippen molar-refractivity contribution in [3.05, 3.63) is 83.9 Å². The van der Waals surface area contributed by atoms with Crippen molar-refractivity contribution in [1.82, 2.24) is 10.2 Å². The Morgan fingerprint density at radius 3 is 2.13 bits per heavy atom. The fourth-order valence-corrected chi connectivity index (χ4v) is 5.78. The van der Waals surface area contributed by atoms with Crippen LogP contribution in [0.5, 0.6) is 5.75 Å². The highest BCUT2D eigenvalue weighted by Gasteiger charge is 2.32. The summed E-state index contributed by atoms with van der Waals surface area (Å²) >= 11 is 1.50. The molecule has 0 saturated carbocycles. The van der Waals surface area contributed by atoms with E-state index in [2.05, 4.69) is 5.32 Å². The Hall–Kier alpha value is -3.50. The average Bonchev–Trinajstić information content (AvgIpc) is 2.95. The minimum absolute atomic E-state index is 0.0615. The standard InChI is InChI=1S/C29H35N3O5S2/c1-6-37-25-13-11-24(12-14-25)32(39(35,36)27-17-15-26(38-5)16-18-27)20-28(33)31(22(3)29(34)30-4)19-23-9-7-21(2)8-10-23/h7-18,22H,6,19-20H2,1-5H3,(H,30,34)/t22-/m1/s1. The highest BCUT2D eigenvalue weighted by atomic mass is 32.2. The third kappa shape index (κ3) is 7.54. The van der Waals surface area contributed by atoms with Crippen molar-refractivity contribution in [2.75, 3.05) is 30.8 Å². The largest absolute Gasteiger partial charge is 0.494 e. The van der Waals surface area contributed by atoms with Gasteiger partial charge in [-0.15, -0.1) is 11.8 Å². The Morgan fingerprint density at radius 2 is 1.59 bits per heavy atom. The van der Waals surface area contributed by atoms with E-state index >= 15 is 0 Å². The summed E-state index contributed by atoms with van der Waals surface area (Å²) in [7, 11) is -2.63. The topological polar surface area (TPSA) is 96.0 Å². The van der Waals surface area contributed by atoms with Gasteiger partial charge in [0.05, 0.1) is 17.2 Å². The van der Waals surface area contributed by atoms with Gasteiger partial charge in [-0.1, -0.05) is 29.8 Å². The number of thioether (sulfide) groups is 1. The molecule has 0 aliphatic carbocycles. The second kappa shape index (κ2) is 13.5. The molecule has 0 unspecified atom stereocenters. The predicted octanol–water partition coefficient (Wildman–Crippen LogP) is 4.47. The molecular weight excluding hydrogens is 534 g/mol. The molecule has 1 atom stereocenters. The lowest BCUT2D eigenvalue weighted by Gasteiger charge is -2.31. The number of benzene rings is 3. The molecule has 0 aliphatic rings. The van der Waals surface area contributed by atoms with Crippen LogP contribution in [0.25, 0.3) is 0 Å². The second-order valence-corrected chi connectivity index (χ2v) is 11.7. The Labute approximate surface area is 235 Å². The third-order valence-electron chi connectivity index (χ3n) is 6.25. The fourth-order valence-electron chi connectivity index (χ4n) is 3.96. The Bertz CT molecular complexity index is 1360. The summed E-state index contributed by atoms with van der Waals surface area (Å²) < 4.78 is 34.4. The van der Waals surface area contributed by atoms with Gasteiger partial charge in [0.1, 0.15) is 18.3 Å². The molecule has 0 aromatic heterocycles. The zero-order valence-corrected chi connectivity index (χ0v) is 24.5. The average molecular weight is 570 g/mol. The van der Waals surface area contributed by atoms with Crippen LogP contribution in [0, 0.1) is 6.92 Å². The first-order valence-electron chi connectivity index (χ1n) is 12.6. The molecule has 10 heteroatoms. The summed E-state index contributed by atoms with van der Waals surface area (Å²) in [5.41, 5.74) is 2.20. The second-order valence-electron chi connectivity index (χ2n) is 8.91. The molecule has 3 aromatic carbocycles. The van der Waals surface area contributed by atoms with Crippen LogP contribution in [-0.4, -0.2) is 57.6 Å². The maximum absolute atomic E-state index is 13.9. The molecule has 0 aliphatic heterocycles. The minimum Gasteiger partial charge on any atom is -0.494 e. The normalized spacial score (nSPS) is 11.9. The summed E-state index contributed by atoms with van der Waals surface area (Å²) in [6.45, 7) is 5.57. The number of aryl methyl sites for hydroxylation is 1. The van der Waals surface area contributed by atoms with E-state index in [0.717, 1.165) is 20.3 Å². The van der Waals surface area contributed by atoms with Gasteiger partial charge in [-0.2, -0.15) is 0 Å². The first-order chi connectivity index (χ1) is 18.6. The zero-order chi connectivity index (χ0) is 28.6. The lowest BCUT2D eigenvalue weighted by Crippen LogP contribution is -2.50. The fraction of sp³-hybridized carbons (Fsp3) is 0.310. The summed E-state index contributed by atoms with van der Waals surface area (Å²) in [6, 6.07) is 19.9. The first kappa shape index (κ1) is 30.0. The van der Waals surface area contributed by atoms with Gasteiger partial charge in [0.15, 0.2) is 0 Å². The molecule has 3 aromatic rings. The minimum atomic E-state index is -4.13. The van der Waals surface area contributed by atoms with E-state index < -0.39 is 28.5 Å². The molecule has 2 amide bonds. The van der Waals surface area contributed by atoms with Crippen LogP contribution in [0.15, 0.2) is 82.6 Å². The van der Waals surface area contributed by atoms with Crippen LogP contribution in [0.1, 0.15) is 25.0 Å². The van der Waals surface area contributed by atoms with E-state index in [9.17, 15) is 18.0 Å². The number of nitrogens with one attached hydrogen (secondary N) is 1. The van der Waals surface area contributed by atoms with Crippen molar-refractivity contribution in [3.63, 3.8) is 0 Å². The van der Waals surface area contributed by atoms with Gasteiger partial charge in [-0.25, -0.2) is 8.42 Å². The lowest BCUT2D eigenvalue weighted by molar-refractivity contribution is -0.139. The van der Waals surface area contributed by atoms with Crippen molar-refractivity contribution >= 4 is 39.3 Å². The number of nitrogens with zero attached hydrogens (tertiary/aromatic N) is 2. The number of anilines is 1. The van der Waals surface area contributed by atoms with Crippen molar-refractivity contribution in [2.45, 2.75) is 43.1 Å². The highest BCUT2D eigenvalue weighted by molar-refractivity contribution is 7.98. The van der Waals surface area contributed by atoms with Crippen LogP contribution >= 0.6 is 11.8 Å². The van der Waals surface area contributed by atoms with E-state index in [1.54, 1.807) is 43.3 Å². The Balaban J connectivity index is 2.02. The molecule has 0 bridgehead atoms. The van der Waals surface area contributed by atoms with Gasteiger partial charge in [-0.05, 0) is 81.1 Å². The molecule has 1 N–H and O–H groups in total. The third-order valence-corrected chi connectivity index (χ3v) is 8.78. The molecule has 8 nitrogen and oxygen atoms in total. The molecule has 208 valence electrons. The molecule has 0 spiro atoms. The molecule has 0 saturated heterocycles. The quantitative estimate of drug-likeness (QED) is 0.323. The Morgan fingerprint density at radius 1 is 0.974 bits per heavy atom. The first-order valence-corrected chi connectivity index (χ1v) is 15.2. The van der Waals surface area contributed by atoms with E-state index in [-0.39, 0.29) is 17.3 Å².